The van der Waals surface area contributed by atoms with Crippen molar-refractivity contribution < 1.29 is 19.5 Å². The minimum atomic E-state index is -0.552. The summed E-state index contributed by atoms with van der Waals surface area (Å²) in [4.78, 5) is 41.2. The van der Waals surface area contributed by atoms with Gasteiger partial charge in [0.05, 0.1) is 33.9 Å². The van der Waals surface area contributed by atoms with Crippen LogP contribution >= 0.6 is 23.2 Å². The smallest absolute Gasteiger partial charge is 0.251 e. The number of hydrogen-bond donors (Lipinski definition) is 2. The normalized spacial score (nSPS) is 20.3. The number of hydrogen-bond acceptors (Lipinski definition) is 5. The number of carbonyl (C=O) groups is 3. The average Bonchev–Trinajstić information content (AvgIpc) is 3.06. The van der Waals surface area contributed by atoms with E-state index in [9.17, 15) is 19.5 Å². The van der Waals surface area contributed by atoms with Gasteiger partial charge in [-0.05, 0) is 56.3 Å². The van der Waals surface area contributed by atoms with Crippen LogP contribution in [0.25, 0.3) is 0 Å². The van der Waals surface area contributed by atoms with Crippen LogP contribution in [-0.2, 0) is 14.4 Å². The summed E-state index contributed by atoms with van der Waals surface area (Å²) in [5.41, 5.74) is 0.785. The SMILES string of the molecule is O=C(Nc1ccccc1O)C1CCN([C@@H]2CC(=O)N(c3ccc(Cl)c(Cl)c3)C2=O)CC1. The summed E-state index contributed by atoms with van der Waals surface area (Å²) in [5, 5.41) is 13.2. The molecule has 162 valence electrons. The molecule has 2 aromatic carbocycles. The molecule has 4 rings (SSSR count). The minimum Gasteiger partial charge on any atom is -0.506 e. The fourth-order valence-corrected chi connectivity index (χ4v) is 4.38. The van der Waals surface area contributed by atoms with Crippen molar-refractivity contribution in [3.63, 3.8) is 0 Å². The van der Waals surface area contributed by atoms with Gasteiger partial charge in [0.2, 0.25) is 11.8 Å². The van der Waals surface area contributed by atoms with Gasteiger partial charge in [-0.25, -0.2) is 4.90 Å². The Morgan fingerprint density at radius 2 is 1.74 bits per heavy atom. The Kier molecular flexibility index (Phi) is 6.18. The van der Waals surface area contributed by atoms with Gasteiger partial charge in [0.1, 0.15) is 5.75 Å². The van der Waals surface area contributed by atoms with E-state index in [1.807, 2.05) is 4.90 Å². The number of halogens is 2. The molecule has 0 radical (unpaired) electrons. The van der Waals surface area contributed by atoms with Crippen LogP contribution < -0.4 is 10.2 Å². The van der Waals surface area contributed by atoms with Gasteiger partial charge in [0, 0.05) is 5.92 Å². The van der Waals surface area contributed by atoms with Gasteiger partial charge in [-0.3, -0.25) is 19.3 Å². The molecule has 2 saturated heterocycles. The van der Waals surface area contributed by atoms with Crippen LogP contribution in [-0.4, -0.2) is 46.9 Å². The predicted octanol–water partition coefficient (Wildman–Crippen LogP) is 3.68. The number of para-hydroxylation sites is 2. The number of likely N-dealkylation sites (tertiary alicyclic amines) is 1. The molecule has 2 aromatic rings. The Bertz CT molecular complexity index is 1040. The second-order valence-electron chi connectivity index (χ2n) is 7.70. The molecule has 1 atom stereocenters. The second kappa shape index (κ2) is 8.86. The number of phenols is 1. The molecule has 2 fully saturated rings. The standard InChI is InChI=1S/C22H21Cl2N3O4/c23-15-6-5-14(11-16(15)24)27-20(29)12-18(22(27)31)26-9-7-13(8-10-26)21(30)25-17-3-1-2-4-19(17)28/h1-6,11,13,18,28H,7-10,12H2,(H,25,30)/t18-/m1/s1. The maximum Gasteiger partial charge on any atom is 0.251 e. The third-order valence-corrected chi connectivity index (χ3v) is 6.53. The van der Waals surface area contributed by atoms with Crippen molar-refractivity contribution in [3.8, 4) is 5.75 Å². The van der Waals surface area contributed by atoms with E-state index in [4.69, 9.17) is 23.2 Å². The van der Waals surface area contributed by atoms with Crippen molar-refractivity contribution in [2.45, 2.75) is 25.3 Å². The minimum absolute atomic E-state index is 0.0192. The molecule has 0 unspecified atom stereocenters. The van der Waals surface area contributed by atoms with Gasteiger partial charge < -0.3 is 10.4 Å². The largest absolute Gasteiger partial charge is 0.506 e. The first-order chi connectivity index (χ1) is 14.8. The lowest BCUT2D eigenvalue weighted by Crippen LogP contribution is -2.47. The van der Waals surface area contributed by atoms with Crippen LogP contribution in [0.15, 0.2) is 42.5 Å². The third kappa shape index (κ3) is 4.39. The van der Waals surface area contributed by atoms with Gasteiger partial charge in [0.15, 0.2) is 0 Å². The first kappa shape index (κ1) is 21.6. The van der Waals surface area contributed by atoms with Crippen molar-refractivity contribution in [3.05, 3.63) is 52.5 Å². The molecule has 0 aliphatic carbocycles. The molecule has 0 aromatic heterocycles. The van der Waals surface area contributed by atoms with E-state index >= 15 is 0 Å². The zero-order valence-electron chi connectivity index (χ0n) is 16.6. The molecule has 31 heavy (non-hydrogen) atoms. The molecule has 9 heteroatoms. The summed E-state index contributed by atoms with van der Waals surface area (Å²) in [5.74, 6) is -0.944. The first-order valence-corrected chi connectivity index (χ1v) is 10.8. The number of aromatic hydroxyl groups is 1. The van der Waals surface area contributed by atoms with Crippen LogP contribution in [0.5, 0.6) is 5.75 Å². The van der Waals surface area contributed by atoms with E-state index in [2.05, 4.69) is 5.32 Å². The fourth-order valence-electron chi connectivity index (χ4n) is 4.08. The van der Waals surface area contributed by atoms with E-state index in [0.717, 1.165) is 4.90 Å². The number of imide groups is 1. The summed E-state index contributed by atoms with van der Waals surface area (Å²) in [6.45, 7) is 1.05. The van der Waals surface area contributed by atoms with E-state index in [1.165, 1.54) is 12.1 Å². The molecule has 2 heterocycles. The lowest BCUT2D eigenvalue weighted by atomic mass is 9.94. The Hall–Kier alpha value is -2.61. The first-order valence-electron chi connectivity index (χ1n) is 10.00. The molecule has 2 aliphatic heterocycles. The summed E-state index contributed by atoms with van der Waals surface area (Å²) < 4.78 is 0. The highest BCUT2D eigenvalue weighted by Gasteiger charge is 2.44. The predicted molar refractivity (Wildman–Crippen MR) is 118 cm³/mol. The number of piperidine rings is 1. The van der Waals surface area contributed by atoms with Gasteiger partial charge in [-0.15, -0.1) is 0 Å². The van der Waals surface area contributed by atoms with Crippen molar-refractivity contribution >= 4 is 52.3 Å². The molecule has 3 amide bonds. The number of nitrogens with zero attached hydrogens (tertiary/aromatic N) is 2. The van der Waals surface area contributed by atoms with Gasteiger partial charge in [0.25, 0.3) is 5.91 Å². The lowest BCUT2D eigenvalue weighted by molar-refractivity contribution is -0.123. The van der Waals surface area contributed by atoms with E-state index in [0.29, 0.717) is 42.3 Å². The zero-order chi connectivity index (χ0) is 22.1. The highest BCUT2D eigenvalue weighted by Crippen LogP contribution is 2.33. The van der Waals surface area contributed by atoms with Crippen molar-refractivity contribution in [1.82, 2.24) is 4.90 Å². The number of rotatable bonds is 4. The number of carbonyl (C=O) groups excluding carboxylic acids is 3. The van der Waals surface area contributed by atoms with Crippen LogP contribution in [0, 0.1) is 5.92 Å². The van der Waals surface area contributed by atoms with Crippen LogP contribution in [0.1, 0.15) is 19.3 Å². The molecule has 0 spiro atoms. The lowest BCUT2D eigenvalue weighted by Gasteiger charge is -2.34. The molecule has 0 bridgehead atoms. The summed E-state index contributed by atoms with van der Waals surface area (Å²) in [7, 11) is 0. The highest BCUT2D eigenvalue weighted by atomic mass is 35.5. The van der Waals surface area contributed by atoms with Gasteiger partial charge in [-0.1, -0.05) is 35.3 Å². The highest BCUT2D eigenvalue weighted by molar-refractivity contribution is 6.42. The van der Waals surface area contributed by atoms with E-state index < -0.39 is 6.04 Å². The monoisotopic (exact) mass is 461 g/mol. The van der Waals surface area contributed by atoms with Crippen molar-refractivity contribution in [2.24, 2.45) is 5.92 Å². The topological polar surface area (TPSA) is 89.9 Å². The molecule has 2 N–H and O–H groups in total. The quantitative estimate of drug-likeness (QED) is 0.535. The van der Waals surface area contributed by atoms with E-state index in [-0.39, 0.29) is 40.8 Å². The van der Waals surface area contributed by atoms with Gasteiger partial charge >= 0.3 is 0 Å². The number of phenolic OH excluding ortho intramolecular Hbond substituents is 1. The average molecular weight is 462 g/mol. The van der Waals surface area contributed by atoms with Gasteiger partial charge in [-0.2, -0.15) is 0 Å². The van der Waals surface area contributed by atoms with Crippen molar-refractivity contribution in [1.29, 1.82) is 0 Å². The number of benzene rings is 2. The number of nitrogens with one attached hydrogen (secondary N) is 1. The van der Waals surface area contributed by atoms with E-state index in [1.54, 1.807) is 30.3 Å². The maximum atomic E-state index is 13.0. The van der Waals surface area contributed by atoms with Crippen LogP contribution in [0.2, 0.25) is 10.0 Å². The fraction of sp³-hybridized carbons (Fsp3) is 0.318. The summed E-state index contributed by atoms with van der Waals surface area (Å²) in [6.07, 6.45) is 1.21. The van der Waals surface area contributed by atoms with Crippen LogP contribution in [0.3, 0.4) is 0 Å². The number of anilines is 2. The Morgan fingerprint density at radius 1 is 1.03 bits per heavy atom. The molecule has 0 saturated carbocycles. The third-order valence-electron chi connectivity index (χ3n) is 5.79. The maximum absolute atomic E-state index is 13.0. The number of amides is 3. The molecule has 2 aliphatic rings. The Morgan fingerprint density at radius 3 is 2.42 bits per heavy atom. The summed E-state index contributed by atoms with van der Waals surface area (Å²) >= 11 is 12.0. The molecular weight excluding hydrogens is 441 g/mol. The Balaban J connectivity index is 1.38. The van der Waals surface area contributed by atoms with Crippen molar-refractivity contribution in [2.75, 3.05) is 23.3 Å². The Labute approximate surface area is 189 Å². The second-order valence-corrected chi connectivity index (χ2v) is 8.52. The van der Waals surface area contributed by atoms with Crippen LogP contribution in [0.4, 0.5) is 11.4 Å². The molecule has 7 nitrogen and oxygen atoms in total. The molecular formula is C22H21Cl2N3O4. The zero-order valence-corrected chi connectivity index (χ0v) is 18.1. The summed E-state index contributed by atoms with van der Waals surface area (Å²) in [6, 6.07) is 10.7.